The zero-order chi connectivity index (χ0) is 19.5. The van der Waals surface area contributed by atoms with Gasteiger partial charge in [0.05, 0.1) is 19.5 Å². The second-order valence-corrected chi connectivity index (χ2v) is 6.41. The molecule has 0 aromatic heterocycles. The Bertz CT molecular complexity index is 747. The Labute approximate surface area is 159 Å². The van der Waals surface area contributed by atoms with Crippen molar-refractivity contribution in [3.8, 4) is 5.75 Å². The Balaban J connectivity index is 1.86. The number of unbranched alkanes of at least 4 members (excludes halogenated alkanes) is 4. The van der Waals surface area contributed by atoms with Crippen molar-refractivity contribution in [2.75, 3.05) is 7.11 Å². The number of rotatable bonds is 10. The van der Waals surface area contributed by atoms with Gasteiger partial charge in [0.2, 0.25) is 0 Å². The summed E-state index contributed by atoms with van der Waals surface area (Å²) in [7, 11) is 1.22. The predicted octanol–water partition coefficient (Wildman–Crippen LogP) is 5.94. The van der Waals surface area contributed by atoms with E-state index in [0.717, 1.165) is 24.1 Å². The van der Waals surface area contributed by atoms with E-state index in [1.807, 2.05) is 12.1 Å². The molecule has 0 amide bonds. The van der Waals surface area contributed by atoms with Gasteiger partial charge < -0.3 is 4.74 Å². The number of halogens is 2. The van der Waals surface area contributed by atoms with Gasteiger partial charge in [-0.25, -0.2) is 8.78 Å². The molecule has 0 bridgehead atoms. The van der Waals surface area contributed by atoms with Gasteiger partial charge in [0.1, 0.15) is 0 Å². The maximum Gasteiger partial charge on any atom is 0.190 e. The SMILES string of the molecule is CCCCCCCc1ccc(C=NN=Cc2cc(F)c(OC)c(F)c2)cc1. The van der Waals surface area contributed by atoms with Gasteiger partial charge in [-0.2, -0.15) is 10.2 Å². The Morgan fingerprint density at radius 1 is 0.852 bits per heavy atom. The molecule has 0 spiro atoms. The Morgan fingerprint density at radius 3 is 2.04 bits per heavy atom. The van der Waals surface area contributed by atoms with Crippen LogP contribution in [0.2, 0.25) is 0 Å². The Morgan fingerprint density at radius 2 is 1.44 bits per heavy atom. The fourth-order valence-electron chi connectivity index (χ4n) is 2.75. The van der Waals surface area contributed by atoms with Gasteiger partial charge in [-0.15, -0.1) is 0 Å². The smallest absolute Gasteiger partial charge is 0.190 e. The van der Waals surface area contributed by atoms with E-state index in [-0.39, 0.29) is 5.56 Å². The molecule has 0 saturated heterocycles. The van der Waals surface area contributed by atoms with Gasteiger partial charge >= 0.3 is 0 Å². The summed E-state index contributed by atoms with van der Waals surface area (Å²) < 4.78 is 31.9. The maximum absolute atomic E-state index is 13.6. The third-order valence-corrected chi connectivity index (χ3v) is 4.25. The number of aryl methyl sites for hydroxylation is 1. The zero-order valence-electron chi connectivity index (χ0n) is 15.9. The highest BCUT2D eigenvalue weighted by Gasteiger charge is 2.10. The molecule has 27 heavy (non-hydrogen) atoms. The van der Waals surface area contributed by atoms with Crippen molar-refractivity contribution in [2.24, 2.45) is 10.2 Å². The normalized spacial score (nSPS) is 11.6. The first-order valence-corrected chi connectivity index (χ1v) is 9.32. The number of nitrogens with zero attached hydrogens (tertiary/aromatic N) is 2. The van der Waals surface area contributed by atoms with Crippen LogP contribution < -0.4 is 4.74 Å². The number of ether oxygens (including phenoxy) is 1. The number of benzene rings is 2. The van der Waals surface area contributed by atoms with E-state index in [1.54, 1.807) is 6.21 Å². The fourth-order valence-corrected chi connectivity index (χ4v) is 2.75. The van der Waals surface area contributed by atoms with E-state index < -0.39 is 17.4 Å². The van der Waals surface area contributed by atoms with Crippen LogP contribution in [0.1, 0.15) is 55.7 Å². The summed E-state index contributed by atoms with van der Waals surface area (Å²) in [6.07, 6.45) is 10.4. The molecular weight excluding hydrogens is 346 g/mol. The summed E-state index contributed by atoms with van der Waals surface area (Å²) in [5.74, 6) is -1.94. The molecule has 2 aromatic rings. The van der Waals surface area contributed by atoms with Gasteiger partial charge in [0.25, 0.3) is 0 Å². The topological polar surface area (TPSA) is 34.0 Å². The second kappa shape index (κ2) is 11.2. The largest absolute Gasteiger partial charge is 0.491 e. The van der Waals surface area contributed by atoms with Crippen LogP contribution in [0.15, 0.2) is 46.6 Å². The van der Waals surface area contributed by atoms with Gasteiger partial charge in [0.15, 0.2) is 17.4 Å². The standard InChI is InChI=1S/C22H26F2N2O/c1-3-4-5-6-7-8-17-9-11-18(12-10-17)15-25-26-16-19-13-20(23)22(27-2)21(24)14-19/h9-16H,3-8H2,1-2H3. The summed E-state index contributed by atoms with van der Waals surface area (Å²) in [6, 6.07) is 10.5. The molecule has 5 heteroatoms. The molecule has 0 atom stereocenters. The van der Waals surface area contributed by atoms with E-state index in [0.29, 0.717) is 0 Å². The van der Waals surface area contributed by atoms with Gasteiger partial charge in [-0.1, -0.05) is 56.9 Å². The molecular formula is C22H26F2N2O. The third kappa shape index (κ3) is 6.93. The van der Waals surface area contributed by atoms with Crippen molar-refractivity contribution in [3.05, 3.63) is 64.7 Å². The van der Waals surface area contributed by atoms with Crippen LogP contribution in [0.5, 0.6) is 5.75 Å². The average Bonchev–Trinajstić information content (AvgIpc) is 2.66. The van der Waals surface area contributed by atoms with Crippen LogP contribution in [-0.2, 0) is 6.42 Å². The fraction of sp³-hybridized carbons (Fsp3) is 0.364. The summed E-state index contributed by atoms with van der Waals surface area (Å²) in [5, 5.41) is 7.78. The first-order valence-electron chi connectivity index (χ1n) is 9.32. The minimum absolute atomic E-state index is 0.279. The molecule has 2 aromatic carbocycles. The van der Waals surface area contributed by atoms with Crippen molar-refractivity contribution in [1.29, 1.82) is 0 Å². The predicted molar refractivity (Wildman–Crippen MR) is 107 cm³/mol. The van der Waals surface area contributed by atoms with Crippen LogP contribution in [0.4, 0.5) is 8.78 Å². The van der Waals surface area contributed by atoms with E-state index in [4.69, 9.17) is 0 Å². The van der Waals surface area contributed by atoms with Crippen molar-refractivity contribution < 1.29 is 13.5 Å². The molecule has 0 aliphatic heterocycles. The highest BCUT2D eigenvalue weighted by atomic mass is 19.1. The zero-order valence-corrected chi connectivity index (χ0v) is 15.9. The summed E-state index contributed by atoms with van der Waals surface area (Å²) in [5.41, 5.74) is 2.52. The van der Waals surface area contributed by atoms with Gasteiger partial charge in [-0.05, 0) is 36.1 Å². The quantitative estimate of drug-likeness (QED) is 0.289. The lowest BCUT2D eigenvalue weighted by atomic mass is 10.0. The first-order chi connectivity index (χ1) is 13.1. The van der Waals surface area contributed by atoms with Crippen LogP contribution in [-0.4, -0.2) is 19.5 Å². The molecule has 0 heterocycles. The molecule has 0 aliphatic rings. The molecule has 0 N–H and O–H groups in total. The lowest BCUT2D eigenvalue weighted by Crippen LogP contribution is -1.95. The van der Waals surface area contributed by atoms with Crippen LogP contribution in [0.25, 0.3) is 0 Å². The minimum Gasteiger partial charge on any atom is -0.491 e. The van der Waals surface area contributed by atoms with Gasteiger partial charge in [0, 0.05) is 5.56 Å². The number of methoxy groups -OCH3 is 1. The molecule has 0 fully saturated rings. The van der Waals surface area contributed by atoms with Crippen molar-refractivity contribution >= 4 is 12.4 Å². The summed E-state index contributed by atoms with van der Waals surface area (Å²) in [6.45, 7) is 2.22. The van der Waals surface area contributed by atoms with Gasteiger partial charge in [-0.3, -0.25) is 0 Å². The molecule has 0 saturated carbocycles. The Kier molecular flexibility index (Phi) is 8.62. The summed E-state index contributed by atoms with van der Waals surface area (Å²) >= 11 is 0. The molecule has 0 unspecified atom stereocenters. The van der Waals surface area contributed by atoms with Crippen LogP contribution >= 0.6 is 0 Å². The second-order valence-electron chi connectivity index (χ2n) is 6.41. The minimum atomic E-state index is -0.770. The summed E-state index contributed by atoms with van der Waals surface area (Å²) in [4.78, 5) is 0. The highest BCUT2D eigenvalue weighted by Crippen LogP contribution is 2.22. The number of hydrogen-bond acceptors (Lipinski definition) is 3. The van der Waals surface area contributed by atoms with E-state index in [9.17, 15) is 8.78 Å². The molecule has 3 nitrogen and oxygen atoms in total. The lowest BCUT2D eigenvalue weighted by molar-refractivity contribution is 0.360. The molecule has 144 valence electrons. The first kappa shape index (κ1) is 20.7. The maximum atomic E-state index is 13.6. The molecule has 0 aliphatic carbocycles. The van der Waals surface area contributed by atoms with Crippen LogP contribution in [0.3, 0.4) is 0 Å². The van der Waals surface area contributed by atoms with Crippen molar-refractivity contribution in [2.45, 2.75) is 45.4 Å². The lowest BCUT2D eigenvalue weighted by Gasteiger charge is -2.03. The van der Waals surface area contributed by atoms with Crippen LogP contribution in [0, 0.1) is 11.6 Å². The van der Waals surface area contributed by atoms with E-state index in [2.05, 4.69) is 34.0 Å². The third-order valence-electron chi connectivity index (χ3n) is 4.25. The molecule has 0 radical (unpaired) electrons. The number of hydrogen-bond donors (Lipinski definition) is 0. The monoisotopic (exact) mass is 372 g/mol. The Hall–Kier alpha value is -2.56. The van der Waals surface area contributed by atoms with Crippen molar-refractivity contribution in [3.63, 3.8) is 0 Å². The van der Waals surface area contributed by atoms with E-state index in [1.165, 1.54) is 51.0 Å². The van der Waals surface area contributed by atoms with Crippen molar-refractivity contribution in [1.82, 2.24) is 0 Å². The highest BCUT2D eigenvalue weighted by molar-refractivity contribution is 5.82. The average molecular weight is 372 g/mol. The van der Waals surface area contributed by atoms with E-state index >= 15 is 0 Å². The molecule has 2 rings (SSSR count).